The lowest BCUT2D eigenvalue weighted by Crippen LogP contribution is -2.53. The van der Waals surface area contributed by atoms with Gasteiger partial charge in [-0.2, -0.15) is 5.10 Å². The molecule has 1 aliphatic heterocycles. The smallest absolute Gasteiger partial charge is 0.129 e. The maximum atomic E-state index is 4.07. The molecule has 4 heteroatoms. The zero-order valence-electron chi connectivity index (χ0n) is 15.2. The molecule has 0 saturated carbocycles. The van der Waals surface area contributed by atoms with E-state index in [1.807, 2.05) is 6.34 Å². The van der Waals surface area contributed by atoms with Crippen molar-refractivity contribution in [2.24, 2.45) is 5.10 Å². The summed E-state index contributed by atoms with van der Waals surface area (Å²) in [6.07, 6.45) is 19.5. The summed E-state index contributed by atoms with van der Waals surface area (Å²) in [7, 11) is 0. The highest BCUT2D eigenvalue weighted by Crippen LogP contribution is 2.29. The van der Waals surface area contributed by atoms with Gasteiger partial charge in [0, 0.05) is 0 Å². The fraction of sp³-hybridized carbons (Fsp3) is 0.944. The van der Waals surface area contributed by atoms with Crippen molar-refractivity contribution >= 4 is 6.34 Å². The molecule has 22 heavy (non-hydrogen) atoms. The van der Waals surface area contributed by atoms with Crippen molar-refractivity contribution < 1.29 is 0 Å². The van der Waals surface area contributed by atoms with Crippen molar-refractivity contribution in [3.8, 4) is 0 Å². The third-order valence-corrected chi connectivity index (χ3v) is 5.23. The first-order chi connectivity index (χ1) is 10.8. The fourth-order valence-electron chi connectivity index (χ4n) is 3.45. The topological polar surface area (TPSA) is 39.7 Å². The molecule has 1 aliphatic rings. The molecule has 0 aliphatic carbocycles. The van der Waals surface area contributed by atoms with Gasteiger partial charge in [-0.3, -0.25) is 5.01 Å². The SMILES string of the molecule is CCCCCCCCCCCCC(CC)(CC)N1C=NNN1. The monoisotopic (exact) mass is 310 g/mol. The van der Waals surface area contributed by atoms with Gasteiger partial charge in [0.2, 0.25) is 0 Å². The molecular formula is C18H38N4. The molecule has 2 N–H and O–H groups in total. The van der Waals surface area contributed by atoms with Crippen molar-refractivity contribution in [1.82, 2.24) is 16.1 Å². The molecule has 0 radical (unpaired) electrons. The van der Waals surface area contributed by atoms with Crippen LogP contribution in [-0.2, 0) is 0 Å². The van der Waals surface area contributed by atoms with E-state index in [0.717, 1.165) is 12.8 Å². The van der Waals surface area contributed by atoms with Crippen molar-refractivity contribution in [2.75, 3.05) is 0 Å². The average Bonchev–Trinajstić information content (AvgIpc) is 3.08. The summed E-state index contributed by atoms with van der Waals surface area (Å²) in [4.78, 5) is 0. The van der Waals surface area contributed by atoms with Crippen molar-refractivity contribution in [2.45, 2.75) is 110 Å². The van der Waals surface area contributed by atoms with Crippen molar-refractivity contribution in [1.29, 1.82) is 0 Å². The Morgan fingerprint density at radius 2 is 1.36 bits per heavy atom. The second-order valence-electron chi connectivity index (χ2n) is 6.70. The summed E-state index contributed by atoms with van der Waals surface area (Å²) in [5.41, 5.74) is 6.19. The molecule has 0 aromatic carbocycles. The average molecular weight is 311 g/mol. The van der Waals surface area contributed by atoms with Crippen LogP contribution in [0.5, 0.6) is 0 Å². The van der Waals surface area contributed by atoms with Crippen molar-refractivity contribution in [3.63, 3.8) is 0 Å². The Kier molecular flexibility index (Phi) is 10.3. The first-order valence-corrected chi connectivity index (χ1v) is 9.62. The number of unbranched alkanes of at least 4 members (excludes halogenated alkanes) is 9. The molecule has 0 spiro atoms. The molecule has 130 valence electrons. The number of hydrogen-bond donors (Lipinski definition) is 2. The van der Waals surface area contributed by atoms with E-state index in [9.17, 15) is 0 Å². The van der Waals surface area contributed by atoms with Gasteiger partial charge < -0.3 is 0 Å². The van der Waals surface area contributed by atoms with Gasteiger partial charge in [0.1, 0.15) is 6.34 Å². The second kappa shape index (κ2) is 11.8. The molecule has 0 atom stereocenters. The molecule has 1 heterocycles. The Morgan fingerprint density at radius 3 is 1.82 bits per heavy atom. The predicted molar refractivity (Wildman–Crippen MR) is 96.4 cm³/mol. The lowest BCUT2D eigenvalue weighted by Gasteiger charge is -2.39. The van der Waals surface area contributed by atoms with E-state index in [2.05, 4.69) is 42.0 Å². The molecule has 0 aromatic heterocycles. The van der Waals surface area contributed by atoms with E-state index in [-0.39, 0.29) is 5.54 Å². The molecule has 0 fully saturated rings. The first kappa shape index (κ1) is 19.3. The lowest BCUT2D eigenvalue weighted by molar-refractivity contribution is 0.0928. The minimum absolute atomic E-state index is 0.215. The maximum Gasteiger partial charge on any atom is 0.129 e. The Bertz CT molecular complexity index is 287. The van der Waals surface area contributed by atoms with Gasteiger partial charge in [0.15, 0.2) is 0 Å². The Balaban J connectivity index is 2.07. The largest absolute Gasteiger partial charge is 0.271 e. The molecule has 1 rings (SSSR count). The van der Waals surface area contributed by atoms with Crippen LogP contribution >= 0.6 is 0 Å². The molecular weight excluding hydrogens is 272 g/mol. The minimum Gasteiger partial charge on any atom is -0.271 e. The van der Waals surface area contributed by atoms with E-state index >= 15 is 0 Å². The number of nitrogens with zero attached hydrogens (tertiary/aromatic N) is 2. The summed E-state index contributed by atoms with van der Waals surface area (Å²) in [5.74, 6) is 0. The van der Waals surface area contributed by atoms with Gasteiger partial charge in [0.25, 0.3) is 0 Å². The number of rotatable bonds is 14. The van der Waals surface area contributed by atoms with E-state index in [4.69, 9.17) is 0 Å². The Hall–Kier alpha value is -0.770. The van der Waals surface area contributed by atoms with Gasteiger partial charge in [-0.1, -0.05) is 85.0 Å². The van der Waals surface area contributed by atoms with Gasteiger partial charge in [-0.25, -0.2) is 5.53 Å². The van der Waals surface area contributed by atoms with E-state index in [0.29, 0.717) is 0 Å². The number of hydrazine groups is 2. The number of nitrogens with one attached hydrogen (secondary N) is 2. The van der Waals surface area contributed by atoms with E-state index in [1.54, 1.807) is 0 Å². The highest BCUT2D eigenvalue weighted by atomic mass is 15.8. The first-order valence-electron chi connectivity index (χ1n) is 9.62. The standard InChI is InChI=1S/C18H38N4/c1-4-7-8-9-10-11-12-13-14-15-16-18(5-2,6-3)22-17-19-20-21-22/h17,20-21H,4-16H2,1-3H3. The van der Waals surface area contributed by atoms with Crippen LogP contribution in [0, 0.1) is 0 Å². The van der Waals surface area contributed by atoms with Gasteiger partial charge in [-0.15, -0.1) is 5.53 Å². The highest BCUT2D eigenvalue weighted by molar-refractivity contribution is 5.56. The highest BCUT2D eigenvalue weighted by Gasteiger charge is 2.33. The Morgan fingerprint density at radius 1 is 0.818 bits per heavy atom. The van der Waals surface area contributed by atoms with E-state index < -0.39 is 0 Å². The van der Waals surface area contributed by atoms with Gasteiger partial charge in [-0.05, 0) is 19.3 Å². The van der Waals surface area contributed by atoms with Crippen molar-refractivity contribution in [3.05, 3.63) is 0 Å². The number of hydrazone groups is 1. The quantitative estimate of drug-likeness (QED) is 0.437. The zero-order chi connectivity index (χ0) is 16.1. The van der Waals surface area contributed by atoms with Crippen LogP contribution in [0.4, 0.5) is 0 Å². The molecule has 0 unspecified atom stereocenters. The maximum absolute atomic E-state index is 4.07. The second-order valence-corrected chi connectivity index (χ2v) is 6.70. The Labute approximate surface area is 138 Å². The van der Waals surface area contributed by atoms with Crippen LogP contribution in [0.1, 0.15) is 104 Å². The molecule has 0 bridgehead atoms. The predicted octanol–water partition coefficient (Wildman–Crippen LogP) is 5.12. The molecule has 0 saturated heterocycles. The third-order valence-electron chi connectivity index (χ3n) is 5.23. The summed E-state index contributed by atoms with van der Waals surface area (Å²) < 4.78 is 0. The van der Waals surface area contributed by atoms with Crippen LogP contribution < -0.4 is 11.1 Å². The van der Waals surface area contributed by atoms with Crippen LogP contribution in [0.25, 0.3) is 0 Å². The van der Waals surface area contributed by atoms with Crippen LogP contribution in [0.15, 0.2) is 5.10 Å². The zero-order valence-corrected chi connectivity index (χ0v) is 15.2. The van der Waals surface area contributed by atoms with Crippen LogP contribution in [0.3, 0.4) is 0 Å². The molecule has 0 aromatic rings. The summed E-state index contributed by atoms with van der Waals surface area (Å²) in [5, 5.41) is 6.23. The minimum atomic E-state index is 0.215. The molecule has 0 amide bonds. The van der Waals surface area contributed by atoms with Gasteiger partial charge >= 0.3 is 0 Å². The van der Waals surface area contributed by atoms with Crippen LogP contribution in [-0.4, -0.2) is 16.9 Å². The fourth-order valence-corrected chi connectivity index (χ4v) is 3.45. The third kappa shape index (κ3) is 6.55. The van der Waals surface area contributed by atoms with E-state index in [1.165, 1.54) is 70.6 Å². The summed E-state index contributed by atoms with van der Waals surface area (Å²) >= 11 is 0. The lowest BCUT2D eigenvalue weighted by atomic mass is 9.86. The van der Waals surface area contributed by atoms with Gasteiger partial charge in [0.05, 0.1) is 5.54 Å². The molecule has 4 nitrogen and oxygen atoms in total. The normalized spacial score (nSPS) is 14.6. The summed E-state index contributed by atoms with van der Waals surface area (Å²) in [6, 6.07) is 0. The number of hydrogen-bond acceptors (Lipinski definition) is 4. The summed E-state index contributed by atoms with van der Waals surface area (Å²) in [6.45, 7) is 6.85. The van der Waals surface area contributed by atoms with Crippen LogP contribution in [0.2, 0.25) is 0 Å².